The molecule has 0 radical (unpaired) electrons. The molecule has 4 rings (SSSR count). The van der Waals surface area contributed by atoms with Crippen molar-refractivity contribution in [3.05, 3.63) is 75.9 Å². The normalized spacial score (nSPS) is 14.6. The van der Waals surface area contributed by atoms with E-state index in [0.29, 0.717) is 47.3 Å². The Kier molecular flexibility index (Phi) is 7.16. The van der Waals surface area contributed by atoms with Gasteiger partial charge in [-0.25, -0.2) is 0 Å². The number of rotatable bonds is 5. The van der Waals surface area contributed by atoms with Gasteiger partial charge in [0, 0.05) is 36.8 Å². The Morgan fingerprint density at radius 2 is 1.88 bits per heavy atom. The number of piperidine rings is 1. The number of fused-ring (bicyclic) bond motifs is 1. The molecule has 1 fully saturated rings. The molecule has 0 saturated carbocycles. The summed E-state index contributed by atoms with van der Waals surface area (Å²) in [5.41, 5.74) is 1.98. The predicted octanol–water partition coefficient (Wildman–Crippen LogP) is 4.98. The van der Waals surface area contributed by atoms with Gasteiger partial charge in [0.05, 0.1) is 22.7 Å². The summed E-state index contributed by atoms with van der Waals surface area (Å²) >= 11 is 11.9. The Hall–Kier alpha value is -3.09. The molecule has 0 spiro atoms. The van der Waals surface area contributed by atoms with Crippen molar-refractivity contribution >= 4 is 52.0 Å². The molecule has 1 aliphatic rings. The second-order valence-corrected chi connectivity index (χ2v) is 8.62. The van der Waals surface area contributed by atoms with Crippen LogP contribution in [0.3, 0.4) is 0 Å². The number of para-hydroxylation sites is 1. The highest BCUT2D eigenvalue weighted by atomic mass is 35.5. The highest BCUT2D eigenvalue weighted by Gasteiger charge is 2.25. The van der Waals surface area contributed by atoms with Gasteiger partial charge < -0.3 is 15.0 Å². The molecule has 1 N–H and O–H groups in total. The summed E-state index contributed by atoms with van der Waals surface area (Å²) in [4.78, 5) is 31.6. The number of aromatic nitrogens is 1. The van der Waals surface area contributed by atoms with Crippen molar-refractivity contribution in [3.63, 3.8) is 0 Å². The van der Waals surface area contributed by atoms with Crippen molar-refractivity contribution in [1.82, 2.24) is 15.2 Å². The number of halogens is 2. The van der Waals surface area contributed by atoms with Crippen molar-refractivity contribution in [2.75, 3.05) is 20.2 Å². The van der Waals surface area contributed by atoms with Gasteiger partial charge in [-0.05, 0) is 48.7 Å². The minimum absolute atomic E-state index is 0.0308. The third-order valence-electron chi connectivity index (χ3n) is 5.68. The van der Waals surface area contributed by atoms with E-state index in [0.717, 1.165) is 16.5 Å². The first-order valence-corrected chi connectivity index (χ1v) is 11.4. The zero-order valence-electron chi connectivity index (χ0n) is 18.1. The third-order valence-corrected chi connectivity index (χ3v) is 6.42. The Balaban J connectivity index is 1.35. The molecule has 0 atom stereocenters. The summed E-state index contributed by atoms with van der Waals surface area (Å²) in [5.74, 6) is 0.207. The quantitative estimate of drug-likeness (QED) is 0.519. The number of pyridine rings is 1. The third kappa shape index (κ3) is 5.29. The van der Waals surface area contributed by atoms with E-state index >= 15 is 0 Å². The van der Waals surface area contributed by atoms with Crippen LogP contribution in [0, 0.1) is 0 Å². The van der Waals surface area contributed by atoms with E-state index in [4.69, 9.17) is 27.9 Å². The molecule has 0 unspecified atom stereocenters. The summed E-state index contributed by atoms with van der Waals surface area (Å²) in [7, 11) is 1.55. The minimum atomic E-state index is -0.227. The zero-order chi connectivity index (χ0) is 23.4. The lowest BCUT2D eigenvalue weighted by Gasteiger charge is -2.31. The van der Waals surface area contributed by atoms with Crippen molar-refractivity contribution in [2.24, 2.45) is 0 Å². The lowest BCUT2D eigenvalue weighted by Crippen LogP contribution is -2.46. The van der Waals surface area contributed by atoms with Crippen molar-refractivity contribution in [3.8, 4) is 5.75 Å². The summed E-state index contributed by atoms with van der Waals surface area (Å²) in [5, 5.41) is 4.77. The van der Waals surface area contributed by atoms with Crippen LogP contribution in [-0.2, 0) is 4.79 Å². The molecule has 3 aromatic rings. The molecular weight excluding hydrogens is 461 g/mol. The SMILES string of the molecule is COc1c(C(=O)NC2CCN(C(=O)/C=C/c3ccc(Cl)c(Cl)c3)CC2)cnc2ccccc12. The van der Waals surface area contributed by atoms with Gasteiger partial charge in [0.1, 0.15) is 11.3 Å². The molecule has 2 amide bonds. The van der Waals surface area contributed by atoms with Gasteiger partial charge in [-0.15, -0.1) is 0 Å². The zero-order valence-corrected chi connectivity index (χ0v) is 19.6. The van der Waals surface area contributed by atoms with E-state index in [-0.39, 0.29) is 17.9 Å². The maximum absolute atomic E-state index is 12.9. The highest BCUT2D eigenvalue weighted by Crippen LogP contribution is 2.28. The molecule has 0 aliphatic carbocycles. The number of nitrogens with one attached hydrogen (secondary N) is 1. The van der Waals surface area contributed by atoms with Crippen LogP contribution in [0.5, 0.6) is 5.75 Å². The number of amides is 2. The molecule has 6 nitrogen and oxygen atoms in total. The van der Waals surface area contributed by atoms with Crippen LogP contribution in [0.1, 0.15) is 28.8 Å². The molecule has 1 saturated heterocycles. The van der Waals surface area contributed by atoms with E-state index in [1.807, 2.05) is 24.3 Å². The Labute approximate surface area is 202 Å². The number of nitrogens with zero attached hydrogens (tertiary/aromatic N) is 2. The topological polar surface area (TPSA) is 71.5 Å². The maximum Gasteiger partial charge on any atom is 0.256 e. The number of benzene rings is 2. The van der Waals surface area contributed by atoms with Gasteiger partial charge in [0.15, 0.2) is 0 Å². The molecule has 33 heavy (non-hydrogen) atoms. The second kappa shape index (κ2) is 10.2. The van der Waals surface area contributed by atoms with Crippen LogP contribution in [-0.4, -0.2) is 47.9 Å². The molecule has 8 heteroatoms. The summed E-state index contributed by atoms with van der Waals surface area (Å²) in [6, 6.07) is 12.7. The van der Waals surface area contributed by atoms with Crippen LogP contribution >= 0.6 is 23.2 Å². The largest absolute Gasteiger partial charge is 0.495 e. The van der Waals surface area contributed by atoms with E-state index in [1.165, 1.54) is 6.08 Å². The minimum Gasteiger partial charge on any atom is -0.495 e. The van der Waals surface area contributed by atoms with Gasteiger partial charge in [-0.3, -0.25) is 14.6 Å². The number of hydrogen-bond donors (Lipinski definition) is 1. The second-order valence-electron chi connectivity index (χ2n) is 7.80. The molecule has 0 bridgehead atoms. The van der Waals surface area contributed by atoms with E-state index in [2.05, 4.69) is 10.3 Å². The first kappa shape index (κ1) is 23.1. The summed E-state index contributed by atoms with van der Waals surface area (Å²) in [6.45, 7) is 1.12. The lowest BCUT2D eigenvalue weighted by molar-refractivity contribution is -0.126. The average molecular weight is 484 g/mol. The van der Waals surface area contributed by atoms with Crippen LogP contribution in [0.4, 0.5) is 0 Å². The number of likely N-dealkylation sites (tertiary alicyclic amines) is 1. The van der Waals surface area contributed by atoms with Crippen LogP contribution < -0.4 is 10.1 Å². The lowest BCUT2D eigenvalue weighted by atomic mass is 10.0. The van der Waals surface area contributed by atoms with Gasteiger partial charge in [-0.2, -0.15) is 0 Å². The highest BCUT2D eigenvalue weighted by molar-refractivity contribution is 6.42. The van der Waals surface area contributed by atoms with Gasteiger partial charge in [-0.1, -0.05) is 41.4 Å². The molecule has 2 aromatic carbocycles. The standard InChI is InChI=1S/C25H23Cl2N3O3/c1-33-24-18-4-2-3-5-22(18)28-15-19(24)25(32)29-17-10-12-30(13-11-17)23(31)9-7-16-6-8-20(26)21(27)14-16/h2-9,14-15,17H,10-13H2,1H3,(H,29,32)/b9-7+. The average Bonchev–Trinajstić information content (AvgIpc) is 2.84. The summed E-state index contributed by atoms with van der Waals surface area (Å²) in [6.07, 6.45) is 6.13. The number of ether oxygens (including phenoxy) is 1. The monoisotopic (exact) mass is 483 g/mol. The first-order chi connectivity index (χ1) is 16.0. The molecule has 1 aromatic heterocycles. The van der Waals surface area contributed by atoms with Crippen LogP contribution in [0.25, 0.3) is 17.0 Å². The van der Waals surface area contributed by atoms with Crippen molar-refractivity contribution in [1.29, 1.82) is 0 Å². The number of carbonyl (C=O) groups excluding carboxylic acids is 2. The predicted molar refractivity (Wildman–Crippen MR) is 131 cm³/mol. The van der Waals surface area contributed by atoms with Crippen LogP contribution in [0.15, 0.2) is 54.7 Å². The van der Waals surface area contributed by atoms with Gasteiger partial charge in [0.25, 0.3) is 5.91 Å². The van der Waals surface area contributed by atoms with E-state index in [1.54, 1.807) is 42.5 Å². The fraction of sp³-hybridized carbons (Fsp3) is 0.240. The molecule has 2 heterocycles. The fourth-order valence-corrected chi connectivity index (χ4v) is 4.20. The van der Waals surface area contributed by atoms with Gasteiger partial charge >= 0.3 is 0 Å². The van der Waals surface area contributed by atoms with E-state index < -0.39 is 0 Å². The van der Waals surface area contributed by atoms with Gasteiger partial charge in [0.2, 0.25) is 5.91 Å². The molecule has 170 valence electrons. The number of hydrogen-bond acceptors (Lipinski definition) is 4. The van der Waals surface area contributed by atoms with E-state index in [9.17, 15) is 9.59 Å². The molecular formula is C25H23Cl2N3O3. The Morgan fingerprint density at radius 1 is 1.12 bits per heavy atom. The van der Waals surface area contributed by atoms with Crippen molar-refractivity contribution in [2.45, 2.75) is 18.9 Å². The van der Waals surface area contributed by atoms with Crippen LogP contribution in [0.2, 0.25) is 10.0 Å². The Bertz CT molecular complexity index is 1220. The first-order valence-electron chi connectivity index (χ1n) is 10.6. The smallest absolute Gasteiger partial charge is 0.256 e. The fourth-order valence-electron chi connectivity index (χ4n) is 3.89. The number of carbonyl (C=O) groups is 2. The van der Waals surface area contributed by atoms with Crippen molar-refractivity contribution < 1.29 is 14.3 Å². The maximum atomic E-state index is 12.9. The molecule has 1 aliphatic heterocycles. The summed E-state index contributed by atoms with van der Waals surface area (Å²) < 4.78 is 5.52. The number of methoxy groups -OCH3 is 1. The Morgan fingerprint density at radius 3 is 2.61 bits per heavy atom.